The lowest BCUT2D eigenvalue weighted by molar-refractivity contribution is -0.153. The fourth-order valence-corrected chi connectivity index (χ4v) is 2.43. The molecule has 0 amide bonds. The first-order chi connectivity index (χ1) is 12.5. The van der Waals surface area contributed by atoms with E-state index in [-0.39, 0.29) is 5.75 Å². The Balaban J connectivity index is 1.68. The van der Waals surface area contributed by atoms with E-state index in [1.807, 2.05) is 0 Å². The molecule has 6 nitrogen and oxygen atoms in total. The molecule has 1 saturated heterocycles. The van der Waals surface area contributed by atoms with Crippen molar-refractivity contribution in [3.63, 3.8) is 0 Å². The fraction of sp³-hybridized carbons (Fsp3) is 0.588. The number of morpholine rings is 1. The summed E-state index contributed by atoms with van der Waals surface area (Å²) in [6.45, 7) is 4.33. The predicted octanol–water partition coefficient (Wildman–Crippen LogP) is 1.62. The van der Waals surface area contributed by atoms with Crippen LogP contribution in [-0.4, -0.2) is 70.1 Å². The Morgan fingerprint density at radius 2 is 1.88 bits per heavy atom. The van der Waals surface area contributed by atoms with E-state index in [0.29, 0.717) is 12.5 Å². The Morgan fingerprint density at radius 1 is 1.19 bits per heavy atom. The number of rotatable bonds is 7. The van der Waals surface area contributed by atoms with Crippen LogP contribution in [0.3, 0.4) is 0 Å². The summed E-state index contributed by atoms with van der Waals surface area (Å²) in [4.78, 5) is 6.48. The van der Waals surface area contributed by atoms with Crippen molar-refractivity contribution in [1.82, 2.24) is 15.5 Å². The monoisotopic (exact) mass is 374 g/mol. The molecule has 1 aliphatic rings. The van der Waals surface area contributed by atoms with Crippen molar-refractivity contribution in [2.45, 2.75) is 12.7 Å². The number of ether oxygens (including phenoxy) is 2. The van der Waals surface area contributed by atoms with E-state index >= 15 is 0 Å². The molecular formula is C17H25F3N4O2. The number of hydrogen-bond acceptors (Lipinski definition) is 4. The zero-order valence-electron chi connectivity index (χ0n) is 14.8. The normalized spacial score (nSPS) is 16.4. The van der Waals surface area contributed by atoms with Crippen LogP contribution in [0.4, 0.5) is 13.2 Å². The minimum Gasteiger partial charge on any atom is -0.484 e. The molecule has 1 fully saturated rings. The Bertz CT molecular complexity index is 558. The van der Waals surface area contributed by atoms with E-state index in [2.05, 4.69) is 25.3 Å². The van der Waals surface area contributed by atoms with Crippen molar-refractivity contribution in [3.8, 4) is 5.75 Å². The minimum atomic E-state index is -4.33. The summed E-state index contributed by atoms with van der Waals surface area (Å²) in [5.41, 5.74) is 0.917. The van der Waals surface area contributed by atoms with E-state index in [1.54, 1.807) is 19.2 Å². The first kappa shape index (κ1) is 20.3. The van der Waals surface area contributed by atoms with Gasteiger partial charge in [-0.3, -0.25) is 9.89 Å². The first-order valence-electron chi connectivity index (χ1n) is 8.49. The van der Waals surface area contributed by atoms with E-state index in [0.717, 1.165) is 45.0 Å². The summed E-state index contributed by atoms with van der Waals surface area (Å²) >= 11 is 0. The van der Waals surface area contributed by atoms with Gasteiger partial charge >= 0.3 is 6.18 Å². The molecule has 1 aromatic carbocycles. The van der Waals surface area contributed by atoms with Gasteiger partial charge in [0, 0.05) is 39.8 Å². The molecule has 1 aliphatic heterocycles. The number of aliphatic imine (C=N–C) groups is 1. The third-order valence-corrected chi connectivity index (χ3v) is 3.83. The van der Waals surface area contributed by atoms with Crippen LogP contribution in [0.15, 0.2) is 29.3 Å². The molecule has 146 valence electrons. The van der Waals surface area contributed by atoms with E-state index in [1.165, 1.54) is 12.1 Å². The molecule has 0 aromatic heterocycles. The van der Waals surface area contributed by atoms with Crippen molar-refractivity contribution in [2.75, 3.05) is 53.0 Å². The number of benzene rings is 1. The van der Waals surface area contributed by atoms with Gasteiger partial charge < -0.3 is 20.1 Å². The van der Waals surface area contributed by atoms with E-state index in [9.17, 15) is 13.2 Å². The Morgan fingerprint density at radius 3 is 2.50 bits per heavy atom. The third kappa shape index (κ3) is 7.92. The van der Waals surface area contributed by atoms with Gasteiger partial charge in [0.25, 0.3) is 0 Å². The van der Waals surface area contributed by atoms with E-state index in [4.69, 9.17) is 4.74 Å². The summed E-state index contributed by atoms with van der Waals surface area (Å²) in [6, 6.07) is 6.49. The van der Waals surface area contributed by atoms with Gasteiger partial charge in [-0.2, -0.15) is 13.2 Å². The molecule has 2 rings (SSSR count). The summed E-state index contributed by atoms with van der Waals surface area (Å²) in [6.07, 6.45) is -4.33. The van der Waals surface area contributed by atoms with Crippen molar-refractivity contribution >= 4 is 5.96 Å². The molecule has 0 saturated carbocycles. The summed E-state index contributed by atoms with van der Waals surface area (Å²) < 4.78 is 46.4. The quantitative estimate of drug-likeness (QED) is 0.561. The van der Waals surface area contributed by atoms with Gasteiger partial charge in [-0.05, 0) is 17.7 Å². The summed E-state index contributed by atoms with van der Waals surface area (Å²) in [5, 5.41) is 6.42. The van der Waals surface area contributed by atoms with Crippen LogP contribution in [0.5, 0.6) is 5.75 Å². The van der Waals surface area contributed by atoms with E-state index < -0.39 is 12.8 Å². The highest BCUT2D eigenvalue weighted by Gasteiger charge is 2.28. The van der Waals surface area contributed by atoms with Gasteiger partial charge in [0.05, 0.1) is 13.2 Å². The van der Waals surface area contributed by atoms with Crippen LogP contribution in [0, 0.1) is 0 Å². The van der Waals surface area contributed by atoms with Crippen LogP contribution >= 0.6 is 0 Å². The van der Waals surface area contributed by atoms with Crippen LogP contribution < -0.4 is 15.4 Å². The number of alkyl halides is 3. The molecule has 0 aliphatic carbocycles. The second-order valence-corrected chi connectivity index (χ2v) is 5.85. The molecule has 0 atom stereocenters. The second kappa shape index (κ2) is 10.2. The number of nitrogens with zero attached hydrogens (tertiary/aromatic N) is 2. The second-order valence-electron chi connectivity index (χ2n) is 5.85. The number of nitrogens with one attached hydrogen (secondary N) is 2. The highest BCUT2D eigenvalue weighted by atomic mass is 19.4. The van der Waals surface area contributed by atoms with Gasteiger partial charge in [-0.15, -0.1) is 0 Å². The van der Waals surface area contributed by atoms with Gasteiger partial charge in [0.1, 0.15) is 5.75 Å². The average Bonchev–Trinajstić information content (AvgIpc) is 2.64. The van der Waals surface area contributed by atoms with Crippen LogP contribution in [0.2, 0.25) is 0 Å². The molecule has 0 bridgehead atoms. The number of hydrogen-bond donors (Lipinski definition) is 2. The predicted molar refractivity (Wildman–Crippen MR) is 93.5 cm³/mol. The van der Waals surface area contributed by atoms with Crippen molar-refractivity contribution in [1.29, 1.82) is 0 Å². The van der Waals surface area contributed by atoms with Gasteiger partial charge in [-0.25, -0.2) is 0 Å². The first-order valence-corrected chi connectivity index (χ1v) is 8.49. The molecule has 9 heteroatoms. The molecule has 26 heavy (non-hydrogen) atoms. The molecule has 0 radical (unpaired) electrons. The SMILES string of the molecule is CN=C(NCCN1CCOCC1)NCc1ccc(OCC(F)(F)F)cc1. The van der Waals surface area contributed by atoms with Crippen molar-refractivity contribution < 1.29 is 22.6 Å². The number of halogens is 3. The van der Waals surface area contributed by atoms with Crippen molar-refractivity contribution in [3.05, 3.63) is 29.8 Å². The number of guanidine groups is 1. The van der Waals surface area contributed by atoms with Gasteiger partial charge in [-0.1, -0.05) is 12.1 Å². The lowest BCUT2D eigenvalue weighted by Gasteiger charge is -2.26. The smallest absolute Gasteiger partial charge is 0.422 e. The summed E-state index contributed by atoms with van der Waals surface area (Å²) in [7, 11) is 1.69. The highest BCUT2D eigenvalue weighted by molar-refractivity contribution is 5.79. The molecule has 1 aromatic rings. The maximum atomic E-state index is 12.1. The topological polar surface area (TPSA) is 58.1 Å². The van der Waals surface area contributed by atoms with Crippen LogP contribution in [0.1, 0.15) is 5.56 Å². The molecule has 0 spiro atoms. The zero-order valence-corrected chi connectivity index (χ0v) is 14.8. The van der Waals surface area contributed by atoms with Crippen LogP contribution in [-0.2, 0) is 11.3 Å². The lowest BCUT2D eigenvalue weighted by atomic mass is 10.2. The fourth-order valence-electron chi connectivity index (χ4n) is 2.43. The Hall–Kier alpha value is -2.00. The Labute approximate surface area is 151 Å². The maximum absolute atomic E-state index is 12.1. The van der Waals surface area contributed by atoms with Crippen LogP contribution in [0.25, 0.3) is 0 Å². The largest absolute Gasteiger partial charge is 0.484 e. The lowest BCUT2D eigenvalue weighted by Crippen LogP contribution is -2.44. The van der Waals surface area contributed by atoms with Crippen molar-refractivity contribution in [2.24, 2.45) is 4.99 Å². The van der Waals surface area contributed by atoms with Gasteiger partial charge in [0.2, 0.25) is 0 Å². The average molecular weight is 374 g/mol. The molecule has 2 N–H and O–H groups in total. The summed E-state index contributed by atoms with van der Waals surface area (Å²) in [5.74, 6) is 0.870. The Kier molecular flexibility index (Phi) is 7.99. The zero-order chi connectivity index (χ0) is 18.8. The highest BCUT2D eigenvalue weighted by Crippen LogP contribution is 2.18. The standard InChI is InChI=1S/C17H25F3N4O2/c1-21-16(22-6-7-24-8-10-25-11-9-24)23-12-14-2-4-15(5-3-14)26-13-17(18,19)20/h2-5H,6-13H2,1H3,(H2,21,22,23). The maximum Gasteiger partial charge on any atom is 0.422 e. The molecular weight excluding hydrogens is 349 g/mol. The van der Waals surface area contributed by atoms with Gasteiger partial charge in [0.15, 0.2) is 12.6 Å². The third-order valence-electron chi connectivity index (χ3n) is 3.83. The molecule has 1 heterocycles. The molecule has 0 unspecified atom stereocenters. The minimum absolute atomic E-state index is 0.194.